The summed E-state index contributed by atoms with van der Waals surface area (Å²) < 4.78 is 27.6. The highest BCUT2D eigenvalue weighted by atomic mass is 79.9. The summed E-state index contributed by atoms with van der Waals surface area (Å²) in [6.07, 6.45) is 0.635. The van der Waals surface area contributed by atoms with Crippen molar-refractivity contribution in [2.45, 2.75) is 11.3 Å². The van der Waals surface area contributed by atoms with Gasteiger partial charge in [-0.25, -0.2) is 13.1 Å². The molecule has 4 nitrogen and oxygen atoms in total. The van der Waals surface area contributed by atoms with Crippen LogP contribution in [0.5, 0.6) is 0 Å². The molecule has 0 fully saturated rings. The first-order chi connectivity index (χ1) is 9.49. The molecule has 0 atom stereocenters. The second kappa shape index (κ2) is 6.39. The first-order valence-corrected chi connectivity index (χ1v) is 8.35. The van der Waals surface area contributed by atoms with Crippen molar-refractivity contribution in [3.63, 3.8) is 0 Å². The Morgan fingerprint density at radius 2 is 1.80 bits per heavy atom. The van der Waals surface area contributed by atoms with E-state index in [1.165, 1.54) is 6.07 Å². The summed E-state index contributed by atoms with van der Waals surface area (Å²) >= 11 is 3.25. The van der Waals surface area contributed by atoms with Gasteiger partial charge in [-0.3, -0.25) is 0 Å². The molecule has 20 heavy (non-hydrogen) atoms. The summed E-state index contributed by atoms with van der Waals surface area (Å²) in [5, 5.41) is 0. The molecule has 2 aromatic carbocycles. The molecular formula is C14H15BrN2O2S. The van der Waals surface area contributed by atoms with Crippen LogP contribution in [0, 0.1) is 0 Å². The van der Waals surface area contributed by atoms with Crippen molar-refractivity contribution in [1.29, 1.82) is 0 Å². The van der Waals surface area contributed by atoms with Crippen LogP contribution in [-0.2, 0) is 16.4 Å². The molecule has 0 aliphatic carbocycles. The topological polar surface area (TPSA) is 72.2 Å². The predicted molar refractivity (Wildman–Crippen MR) is 83.9 cm³/mol. The number of sulfonamides is 1. The van der Waals surface area contributed by atoms with Gasteiger partial charge < -0.3 is 5.73 Å². The molecular weight excluding hydrogens is 340 g/mol. The number of benzene rings is 2. The van der Waals surface area contributed by atoms with E-state index in [2.05, 4.69) is 20.7 Å². The lowest BCUT2D eigenvalue weighted by molar-refractivity contribution is 0.582. The number of hydrogen-bond acceptors (Lipinski definition) is 3. The van der Waals surface area contributed by atoms with Crippen molar-refractivity contribution in [2.75, 3.05) is 12.3 Å². The van der Waals surface area contributed by atoms with Gasteiger partial charge in [0.25, 0.3) is 0 Å². The Balaban J connectivity index is 2.04. The highest BCUT2D eigenvalue weighted by Gasteiger charge is 2.16. The molecule has 3 N–H and O–H groups in total. The Morgan fingerprint density at radius 3 is 2.45 bits per heavy atom. The zero-order valence-electron chi connectivity index (χ0n) is 10.7. The zero-order valence-corrected chi connectivity index (χ0v) is 13.1. The number of hydrogen-bond donors (Lipinski definition) is 2. The van der Waals surface area contributed by atoms with Crippen LogP contribution in [-0.4, -0.2) is 15.0 Å². The van der Waals surface area contributed by atoms with Crippen LogP contribution >= 0.6 is 15.9 Å². The minimum absolute atomic E-state index is 0.105. The Hall–Kier alpha value is -1.37. The molecule has 6 heteroatoms. The van der Waals surface area contributed by atoms with Crippen LogP contribution in [0.1, 0.15) is 5.56 Å². The van der Waals surface area contributed by atoms with E-state index in [9.17, 15) is 8.42 Å². The number of halogens is 1. The molecule has 0 aliphatic heterocycles. The quantitative estimate of drug-likeness (QED) is 0.810. The largest absolute Gasteiger partial charge is 0.398 e. The smallest absolute Gasteiger partial charge is 0.242 e. The van der Waals surface area contributed by atoms with Gasteiger partial charge in [-0.15, -0.1) is 0 Å². The maximum absolute atomic E-state index is 12.1. The van der Waals surface area contributed by atoms with Gasteiger partial charge in [0, 0.05) is 11.0 Å². The van der Waals surface area contributed by atoms with Crippen LogP contribution in [0.3, 0.4) is 0 Å². The number of nitrogens with one attached hydrogen (secondary N) is 1. The summed E-state index contributed by atoms with van der Waals surface area (Å²) in [7, 11) is -3.57. The third-order valence-corrected chi connectivity index (χ3v) is 4.84. The molecule has 0 saturated heterocycles. The molecule has 2 aromatic rings. The van der Waals surface area contributed by atoms with Gasteiger partial charge in [0.05, 0.1) is 5.69 Å². The average Bonchev–Trinajstić information content (AvgIpc) is 2.39. The lowest BCUT2D eigenvalue weighted by Gasteiger charge is -2.09. The van der Waals surface area contributed by atoms with Crippen LogP contribution in [0.15, 0.2) is 57.9 Å². The molecule has 0 bridgehead atoms. The van der Waals surface area contributed by atoms with E-state index < -0.39 is 10.0 Å². The minimum atomic E-state index is -3.57. The fourth-order valence-electron chi connectivity index (χ4n) is 1.82. The first kappa shape index (κ1) is 15.0. The van der Waals surface area contributed by atoms with Gasteiger partial charge in [0.2, 0.25) is 10.0 Å². The first-order valence-electron chi connectivity index (χ1n) is 6.08. The molecule has 0 heterocycles. The fraction of sp³-hybridized carbons (Fsp3) is 0.143. The van der Waals surface area contributed by atoms with E-state index >= 15 is 0 Å². The third-order valence-electron chi connectivity index (χ3n) is 2.81. The van der Waals surface area contributed by atoms with Gasteiger partial charge in [-0.05, 0) is 30.2 Å². The lowest BCUT2D eigenvalue weighted by Crippen LogP contribution is -2.26. The summed E-state index contributed by atoms with van der Waals surface area (Å²) in [6, 6.07) is 14.4. The third kappa shape index (κ3) is 3.82. The maximum Gasteiger partial charge on any atom is 0.242 e. The molecule has 0 radical (unpaired) electrons. The van der Waals surface area contributed by atoms with E-state index in [1.807, 2.05) is 30.3 Å². The second-order valence-electron chi connectivity index (χ2n) is 4.32. The van der Waals surface area contributed by atoms with Gasteiger partial charge in [0.1, 0.15) is 4.90 Å². The van der Waals surface area contributed by atoms with E-state index in [4.69, 9.17) is 5.73 Å². The summed E-state index contributed by atoms with van der Waals surface area (Å²) in [4.78, 5) is 0.105. The number of nitrogen functional groups attached to an aromatic ring is 1. The monoisotopic (exact) mass is 354 g/mol. The normalized spacial score (nSPS) is 11.4. The Labute approximate surface area is 127 Å². The molecule has 0 aliphatic rings. The number of nitrogens with two attached hydrogens (primary N) is 1. The maximum atomic E-state index is 12.1. The van der Waals surface area contributed by atoms with Crippen molar-refractivity contribution >= 4 is 31.6 Å². The van der Waals surface area contributed by atoms with Gasteiger partial charge in [-0.2, -0.15) is 0 Å². The standard InChI is InChI=1S/C14H15BrN2O2S/c15-12-6-7-14(13(16)10-12)20(18,19)17-9-8-11-4-2-1-3-5-11/h1-7,10,17H,8-9,16H2. The molecule has 2 rings (SSSR count). The fourth-order valence-corrected chi connectivity index (χ4v) is 3.34. The van der Waals surface area contributed by atoms with Gasteiger partial charge in [-0.1, -0.05) is 46.3 Å². The Kier molecular flexibility index (Phi) is 4.80. The van der Waals surface area contributed by atoms with E-state index in [-0.39, 0.29) is 10.6 Å². The molecule has 0 unspecified atom stereocenters. The van der Waals surface area contributed by atoms with Crippen LogP contribution in [0.25, 0.3) is 0 Å². The van der Waals surface area contributed by atoms with Crippen molar-refractivity contribution in [3.05, 3.63) is 58.6 Å². The van der Waals surface area contributed by atoms with Crippen molar-refractivity contribution in [2.24, 2.45) is 0 Å². The average molecular weight is 355 g/mol. The highest BCUT2D eigenvalue weighted by Crippen LogP contribution is 2.22. The van der Waals surface area contributed by atoms with E-state index in [0.717, 1.165) is 10.0 Å². The van der Waals surface area contributed by atoms with Crippen LogP contribution in [0.2, 0.25) is 0 Å². The van der Waals surface area contributed by atoms with Gasteiger partial charge >= 0.3 is 0 Å². The minimum Gasteiger partial charge on any atom is -0.398 e. The second-order valence-corrected chi connectivity index (χ2v) is 6.97. The molecule has 0 spiro atoms. The summed E-state index contributed by atoms with van der Waals surface area (Å²) in [5.41, 5.74) is 7.05. The predicted octanol–water partition coefficient (Wildman–Crippen LogP) is 2.55. The van der Waals surface area contributed by atoms with Gasteiger partial charge in [0.15, 0.2) is 0 Å². The SMILES string of the molecule is Nc1cc(Br)ccc1S(=O)(=O)NCCc1ccccc1. The zero-order chi connectivity index (χ0) is 14.6. The van der Waals surface area contributed by atoms with Crippen molar-refractivity contribution in [1.82, 2.24) is 4.72 Å². The molecule has 106 valence electrons. The number of anilines is 1. The molecule has 0 aromatic heterocycles. The molecule has 0 saturated carbocycles. The van der Waals surface area contributed by atoms with Crippen LogP contribution < -0.4 is 10.5 Å². The Bertz CT molecular complexity index is 688. The van der Waals surface area contributed by atoms with Crippen LogP contribution in [0.4, 0.5) is 5.69 Å². The molecule has 0 amide bonds. The Morgan fingerprint density at radius 1 is 1.10 bits per heavy atom. The lowest BCUT2D eigenvalue weighted by atomic mass is 10.2. The summed E-state index contributed by atoms with van der Waals surface area (Å²) in [6.45, 7) is 0.335. The van der Waals surface area contributed by atoms with E-state index in [1.54, 1.807) is 12.1 Å². The van der Waals surface area contributed by atoms with E-state index in [0.29, 0.717) is 13.0 Å². The number of rotatable bonds is 5. The summed E-state index contributed by atoms with van der Waals surface area (Å²) in [5.74, 6) is 0. The van der Waals surface area contributed by atoms with Crippen molar-refractivity contribution < 1.29 is 8.42 Å². The highest BCUT2D eigenvalue weighted by molar-refractivity contribution is 9.10. The van der Waals surface area contributed by atoms with Crippen molar-refractivity contribution in [3.8, 4) is 0 Å².